The van der Waals surface area contributed by atoms with Gasteiger partial charge in [-0.1, -0.05) is 36.4 Å². The van der Waals surface area contributed by atoms with Crippen LogP contribution in [-0.4, -0.2) is 12.4 Å². The van der Waals surface area contributed by atoms with Crippen molar-refractivity contribution < 1.29 is 4.74 Å². The molecule has 0 unspecified atom stereocenters. The molecule has 0 bridgehead atoms. The monoisotopic (exact) mass is 301 g/mol. The molecule has 2 N–H and O–H groups in total. The highest BCUT2D eigenvalue weighted by atomic mass is 32.2. The van der Waals surface area contributed by atoms with Crippen LogP contribution in [0, 0.1) is 6.92 Å². The van der Waals surface area contributed by atoms with Gasteiger partial charge in [-0.15, -0.1) is 0 Å². The molecule has 21 heavy (non-hydrogen) atoms. The Morgan fingerprint density at radius 3 is 2.52 bits per heavy atom. The van der Waals surface area contributed by atoms with E-state index in [1.54, 1.807) is 0 Å². The van der Waals surface area contributed by atoms with E-state index in [-0.39, 0.29) is 0 Å². The summed E-state index contributed by atoms with van der Waals surface area (Å²) in [6.45, 7) is 3.52. The maximum Gasteiger partial charge on any atom is 0.119 e. The van der Waals surface area contributed by atoms with Gasteiger partial charge in [0.2, 0.25) is 0 Å². The van der Waals surface area contributed by atoms with Gasteiger partial charge < -0.3 is 10.5 Å². The van der Waals surface area contributed by atoms with Crippen molar-refractivity contribution in [3.8, 4) is 5.75 Å². The molecule has 2 nitrogen and oxygen atoms in total. The number of aryl methyl sites for hydroxylation is 1. The zero-order valence-electron chi connectivity index (χ0n) is 12.5. The van der Waals surface area contributed by atoms with Gasteiger partial charge in [0.15, 0.2) is 0 Å². The summed E-state index contributed by atoms with van der Waals surface area (Å²) >= 11 is 1.97. The molecule has 0 spiro atoms. The van der Waals surface area contributed by atoms with Crippen LogP contribution in [-0.2, 0) is 12.3 Å². The highest BCUT2D eigenvalue weighted by molar-refractivity contribution is 7.98. The standard InChI is InChI=1S/C18H23NOS/c1-15-5-2-3-6-17(15)14-21-12-4-11-20-18-9-7-16(13-19)8-10-18/h2-3,5-10H,4,11-14,19H2,1H3. The van der Waals surface area contributed by atoms with E-state index in [0.717, 1.165) is 35.8 Å². The van der Waals surface area contributed by atoms with Crippen molar-refractivity contribution in [2.45, 2.75) is 25.6 Å². The quantitative estimate of drug-likeness (QED) is 0.744. The first kappa shape index (κ1) is 15.9. The molecule has 3 heteroatoms. The molecule has 0 aliphatic rings. The van der Waals surface area contributed by atoms with Crippen LogP contribution in [0.25, 0.3) is 0 Å². The smallest absolute Gasteiger partial charge is 0.119 e. The van der Waals surface area contributed by atoms with Crippen molar-refractivity contribution in [2.75, 3.05) is 12.4 Å². The fourth-order valence-electron chi connectivity index (χ4n) is 2.03. The van der Waals surface area contributed by atoms with Crippen molar-refractivity contribution in [3.63, 3.8) is 0 Å². The highest BCUT2D eigenvalue weighted by Gasteiger charge is 1.98. The molecule has 0 atom stereocenters. The molecule has 0 aliphatic heterocycles. The van der Waals surface area contributed by atoms with Crippen LogP contribution in [0.15, 0.2) is 48.5 Å². The highest BCUT2D eigenvalue weighted by Crippen LogP contribution is 2.17. The van der Waals surface area contributed by atoms with Gasteiger partial charge in [-0.3, -0.25) is 0 Å². The van der Waals surface area contributed by atoms with Crippen LogP contribution in [0.1, 0.15) is 23.1 Å². The summed E-state index contributed by atoms with van der Waals surface area (Å²) in [5, 5.41) is 0. The SMILES string of the molecule is Cc1ccccc1CSCCCOc1ccc(CN)cc1. The van der Waals surface area contributed by atoms with E-state index >= 15 is 0 Å². The Labute approximate surface area is 131 Å². The Bertz CT molecular complexity index is 539. The normalized spacial score (nSPS) is 10.6. The van der Waals surface area contributed by atoms with Crippen LogP contribution in [0.4, 0.5) is 0 Å². The lowest BCUT2D eigenvalue weighted by molar-refractivity contribution is 0.318. The molecule has 0 radical (unpaired) electrons. The maximum atomic E-state index is 5.73. The van der Waals surface area contributed by atoms with Gasteiger partial charge >= 0.3 is 0 Å². The summed E-state index contributed by atoms with van der Waals surface area (Å²) in [5.41, 5.74) is 9.51. The minimum atomic E-state index is 0.579. The van der Waals surface area contributed by atoms with Crippen LogP contribution < -0.4 is 10.5 Å². The molecule has 0 aliphatic carbocycles. The molecule has 112 valence electrons. The Kier molecular flexibility index (Phi) is 6.64. The van der Waals surface area contributed by atoms with Gasteiger partial charge in [-0.2, -0.15) is 11.8 Å². The number of nitrogens with two attached hydrogens (primary N) is 1. The van der Waals surface area contributed by atoms with Crippen LogP contribution in [0.2, 0.25) is 0 Å². The molecule has 2 aromatic carbocycles. The van der Waals surface area contributed by atoms with Gasteiger partial charge in [0.1, 0.15) is 5.75 Å². The van der Waals surface area contributed by atoms with Crippen molar-refractivity contribution in [2.24, 2.45) is 5.73 Å². The van der Waals surface area contributed by atoms with E-state index in [2.05, 4.69) is 31.2 Å². The van der Waals surface area contributed by atoms with Crippen molar-refractivity contribution in [1.82, 2.24) is 0 Å². The Morgan fingerprint density at radius 2 is 1.81 bits per heavy atom. The zero-order valence-corrected chi connectivity index (χ0v) is 13.4. The predicted octanol–water partition coefficient (Wildman–Crippen LogP) is 4.16. The maximum absolute atomic E-state index is 5.73. The zero-order chi connectivity index (χ0) is 14.9. The largest absolute Gasteiger partial charge is 0.494 e. The third-order valence-corrected chi connectivity index (χ3v) is 4.47. The van der Waals surface area contributed by atoms with Crippen LogP contribution >= 0.6 is 11.8 Å². The number of benzene rings is 2. The fourth-order valence-corrected chi connectivity index (χ4v) is 3.04. The average Bonchev–Trinajstić information content (AvgIpc) is 2.53. The first-order chi connectivity index (χ1) is 10.3. The molecule has 0 heterocycles. The Morgan fingerprint density at radius 1 is 1.05 bits per heavy atom. The lowest BCUT2D eigenvalue weighted by Gasteiger charge is -2.07. The van der Waals surface area contributed by atoms with E-state index in [9.17, 15) is 0 Å². The fraction of sp³-hybridized carbons (Fsp3) is 0.333. The van der Waals surface area contributed by atoms with Crippen molar-refractivity contribution in [3.05, 3.63) is 65.2 Å². The molecule has 0 fully saturated rings. The van der Waals surface area contributed by atoms with Crippen LogP contribution in [0.5, 0.6) is 5.75 Å². The molecule has 0 saturated carbocycles. The second kappa shape index (κ2) is 8.75. The first-order valence-electron chi connectivity index (χ1n) is 7.33. The lowest BCUT2D eigenvalue weighted by atomic mass is 10.1. The minimum Gasteiger partial charge on any atom is -0.494 e. The van der Waals surface area contributed by atoms with Crippen molar-refractivity contribution in [1.29, 1.82) is 0 Å². The van der Waals surface area contributed by atoms with E-state index in [0.29, 0.717) is 6.54 Å². The molecule has 0 amide bonds. The summed E-state index contributed by atoms with van der Waals surface area (Å²) in [5.74, 6) is 3.13. The Balaban J connectivity index is 1.60. The predicted molar refractivity (Wildman–Crippen MR) is 91.8 cm³/mol. The summed E-state index contributed by atoms with van der Waals surface area (Å²) < 4.78 is 5.73. The molecule has 2 aromatic rings. The third-order valence-electron chi connectivity index (χ3n) is 3.38. The first-order valence-corrected chi connectivity index (χ1v) is 8.49. The second-order valence-electron chi connectivity index (χ2n) is 5.03. The molecule has 2 rings (SSSR count). The summed E-state index contributed by atoms with van der Waals surface area (Å²) in [6.07, 6.45) is 1.06. The molecular weight excluding hydrogens is 278 g/mol. The third kappa shape index (κ3) is 5.44. The topological polar surface area (TPSA) is 35.2 Å². The van der Waals surface area contributed by atoms with Gasteiger partial charge in [-0.25, -0.2) is 0 Å². The van der Waals surface area contributed by atoms with Crippen molar-refractivity contribution >= 4 is 11.8 Å². The van der Waals surface area contributed by atoms with E-state index in [4.69, 9.17) is 10.5 Å². The van der Waals surface area contributed by atoms with E-state index in [1.807, 2.05) is 36.0 Å². The Hall–Kier alpha value is -1.45. The number of thioether (sulfide) groups is 1. The van der Waals surface area contributed by atoms with Gasteiger partial charge in [0.25, 0.3) is 0 Å². The van der Waals surface area contributed by atoms with Gasteiger partial charge in [0.05, 0.1) is 6.61 Å². The summed E-state index contributed by atoms with van der Waals surface area (Å²) in [4.78, 5) is 0. The summed E-state index contributed by atoms with van der Waals surface area (Å²) in [6, 6.07) is 16.6. The lowest BCUT2D eigenvalue weighted by Crippen LogP contribution is -2.00. The molecule has 0 aromatic heterocycles. The van der Waals surface area contributed by atoms with E-state index in [1.165, 1.54) is 11.1 Å². The second-order valence-corrected chi connectivity index (χ2v) is 6.13. The average molecular weight is 301 g/mol. The molecule has 0 saturated heterocycles. The number of ether oxygens (including phenoxy) is 1. The number of hydrogen-bond donors (Lipinski definition) is 1. The summed E-state index contributed by atoms with van der Waals surface area (Å²) in [7, 11) is 0. The molecular formula is C18H23NOS. The number of rotatable bonds is 8. The van der Waals surface area contributed by atoms with Crippen LogP contribution in [0.3, 0.4) is 0 Å². The van der Waals surface area contributed by atoms with Gasteiger partial charge in [0, 0.05) is 12.3 Å². The minimum absolute atomic E-state index is 0.579. The van der Waals surface area contributed by atoms with E-state index < -0.39 is 0 Å². The number of hydrogen-bond acceptors (Lipinski definition) is 3. The van der Waals surface area contributed by atoms with Gasteiger partial charge in [-0.05, 0) is 47.9 Å².